The highest BCUT2D eigenvalue weighted by Gasteiger charge is 2.20. The number of hydrogen-bond acceptors (Lipinski definition) is 1. The van der Waals surface area contributed by atoms with Gasteiger partial charge in [0.25, 0.3) is 0 Å². The minimum absolute atomic E-state index is 0. The van der Waals surface area contributed by atoms with Crippen molar-refractivity contribution < 1.29 is 0 Å². The number of benzene rings is 1. The third-order valence-corrected chi connectivity index (χ3v) is 3.04. The van der Waals surface area contributed by atoms with Crippen LogP contribution in [0.15, 0.2) is 22.7 Å². The van der Waals surface area contributed by atoms with E-state index in [0.29, 0.717) is 6.04 Å². The Balaban J connectivity index is 0.000000845. The van der Waals surface area contributed by atoms with E-state index >= 15 is 0 Å². The molecule has 0 amide bonds. The molecule has 1 aromatic carbocycles. The van der Waals surface area contributed by atoms with E-state index in [4.69, 9.17) is 0 Å². The Labute approximate surface area is 93.5 Å². The first kappa shape index (κ1) is 11.0. The van der Waals surface area contributed by atoms with Crippen LogP contribution < -0.4 is 5.32 Å². The molecule has 0 unspecified atom stereocenters. The van der Waals surface area contributed by atoms with Crippen LogP contribution >= 0.6 is 28.3 Å². The van der Waals surface area contributed by atoms with Crippen molar-refractivity contribution in [2.45, 2.75) is 19.4 Å². The van der Waals surface area contributed by atoms with Crippen LogP contribution in [0.25, 0.3) is 0 Å². The van der Waals surface area contributed by atoms with Crippen LogP contribution in [0.1, 0.15) is 23.6 Å². The third-order valence-electron chi connectivity index (χ3n) is 2.36. The molecular formula is C10H13BrClN. The quantitative estimate of drug-likeness (QED) is 0.819. The third kappa shape index (κ3) is 2.25. The lowest BCUT2D eigenvalue weighted by Crippen LogP contribution is -2.35. The molecule has 1 N–H and O–H groups in total. The maximum absolute atomic E-state index is 3.58. The van der Waals surface area contributed by atoms with Crippen LogP contribution in [-0.4, -0.2) is 6.54 Å². The smallest absolute Gasteiger partial charge is 0.0343 e. The summed E-state index contributed by atoms with van der Waals surface area (Å²) in [6.07, 6.45) is 1.27. The zero-order valence-electron chi connectivity index (χ0n) is 7.51. The second kappa shape index (κ2) is 4.45. The fraction of sp³-hybridized carbons (Fsp3) is 0.400. The number of rotatable bonds is 1. The largest absolute Gasteiger partial charge is 0.310 e. The Hall–Kier alpha value is -0.0500. The summed E-state index contributed by atoms with van der Waals surface area (Å²) < 4.78 is 1.24. The van der Waals surface area contributed by atoms with Gasteiger partial charge in [-0.2, -0.15) is 0 Å². The lowest BCUT2D eigenvalue weighted by molar-refractivity contribution is 0.382. The summed E-state index contributed by atoms with van der Waals surface area (Å²) >= 11 is 3.58. The summed E-state index contributed by atoms with van der Waals surface area (Å²) in [5.74, 6) is 0. The number of nitrogens with one attached hydrogen (secondary N) is 1. The zero-order valence-corrected chi connectivity index (χ0v) is 9.91. The predicted octanol–water partition coefficient (Wildman–Crippen LogP) is 3.21. The summed E-state index contributed by atoms with van der Waals surface area (Å²) in [6.45, 7) is 3.27. The Morgan fingerprint density at radius 1 is 1.46 bits per heavy atom. The van der Waals surface area contributed by atoms with E-state index in [2.05, 4.69) is 46.4 Å². The summed E-state index contributed by atoms with van der Waals surface area (Å²) in [5.41, 5.74) is 2.71. The van der Waals surface area contributed by atoms with Gasteiger partial charge in [-0.1, -0.05) is 28.1 Å². The fourth-order valence-corrected chi connectivity index (χ4v) is 2.24. The number of aryl methyl sites for hydroxylation is 1. The molecule has 1 atom stereocenters. The van der Waals surface area contributed by atoms with Gasteiger partial charge in [-0.25, -0.2) is 0 Å². The van der Waals surface area contributed by atoms with Gasteiger partial charge in [-0.05, 0) is 37.1 Å². The van der Waals surface area contributed by atoms with Crippen molar-refractivity contribution in [2.75, 3.05) is 6.54 Å². The molecule has 0 bridgehead atoms. The highest BCUT2D eigenvalue weighted by molar-refractivity contribution is 9.10. The molecule has 2 rings (SSSR count). The van der Waals surface area contributed by atoms with Crippen LogP contribution in [0.4, 0.5) is 0 Å². The molecule has 0 aromatic heterocycles. The van der Waals surface area contributed by atoms with Crippen molar-refractivity contribution in [1.82, 2.24) is 5.32 Å². The molecule has 1 saturated heterocycles. The van der Waals surface area contributed by atoms with Gasteiger partial charge in [0.15, 0.2) is 0 Å². The molecule has 72 valence electrons. The van der Waals surface area contributed by atoms with Crippen LogP contribution in [0.3, 0.4) is 0 Å². The lowest BCUT2D eigenvalue weighted by Gasteiger charge is -2.28. The topological polar surface area (TPSA) is 12.0 Å². The van der Waals surface area contributed by atoms with Crippen LogP contribution in [0.5, 0.6) is 0 Å². The second-order valence-corrected chi connectivity index (χ2v) is 4.17. The highest BCUT2D eigenvalue weighted by Crippen LogP contribution is 2.29. The normalized spacial score (nSPS) is 20.3. The Kier molecular flexibility index (Phi) is 3.77. The van der Waals surface area contributed by atoms with E-state index in [1.165, 1.54) is 22.0 Å². The van der Waals surface area contributed by atoms with Gasteiger partial charge >= 0.3 is 0 Å². The van der Waals surface area contributed by atoms with Gasteiger partial charge < -0.3 is 5.32 Å². The van der Waals surface area contributed by atoms with E-state index in [1.807, 2.05) is 0 Å². The molecule has 13 heavy (non-hydrogen) atoms. The standard InChI is InChI=1S/C10H12BrN.ClH/c1-7-2-3-8(9(11)6-7)10-4-5-12-10;/h2-3,6,10,12H,4-5H2,1H3;1H/t10-;/m1./s1. The average Bonchev–Trinajstić information content (AvgIpc) is 1.91. The maximum Gasteiger partial charge on any atom is 0.0343 e. The monoisotopic (exact) mass is 261 g/mol. The molecule has 1 aromatic rings. The van der Waals surface area contributed by atoms with E-state index in [0.717, 1.165) is 6.54 Å². The van der Waals surface area contributed by atoms with Gasteiger partial charge in [-0.3, -0.25) is 0 Å². The summed E-state index contributed by atoms with van der Waals surface area (Å²) in [5, 5.41) is 3.39. The maximum atomic E-state index is 3.58. The molecule has 0 spiro atoms. The lowest BCUT2D eigenvalue weighted by atomic mass is 9.97. The molecule has 0 saturated carbocycles. The predicted molar refractivity (Wildman–Crippen MR) is 61.5 cm³/mol. The average molecular weight is 263 g/mol. The van der Waals surface area contributed by atoms with Crippen molar-refractivity contribution >= 4 is 28.3 Å². The Morgan fingerprint density at radius 3 is 2.62 bits per heavy atom. The van der Waals surface area contributed by atoms with Crippen molar-refractivity contribution in [3.8, 4) is 0 Å². The minimum atomic E-state index is 0. The first-order valence-corrected chi connectivity index (χ1v) is 5.06. The number of hydrogen-bond donors (Lipinski definition) is 1. The molecule has 0 aliphatic carbocycles. The molecule has 1 aliphatic rings. The molecule has 0 radical (unpaired) electrons. The van der Waals surface area contributed by atoms with Gasteiger partial charge in [0, 0.05) is 10.5 Å². The zero-order chi connectivity index (χ0) is 8.55. The van der Waals surface area contributed by atoms with Crippen LogP contribution in [0, 0.1) is 6.92 Å². The van der Waals surface area contributed by atoms with E-state index in [-0.39, 0.29) is 12.4 Å². The highest BCUT2D eigenvalue weighted by atomic mass is 79.9. The summed E-state index contributed by atoms with van der Waals surface area (Å²) in [4.78, 5) is 0. The summed E-state index contributed by atoms with van der Waals surface area (Å²) in [6, 6.07) is 7.13. The van der Waals surface area contributed by atoms with Gasteiger partial charge in [-0.15, -0.1) is 12.4 Å². The van der Waals surface area contributed by atoms with Crippen molar-refractivity contribution in [3.05, 3.63) is 33.8 Å². The molecule has 1 aliphatic heterocycles. The van der Waals surface area contributed by atoms with Gasteiger partial charge in [0.1, 0.15) is 0 Å². The van der Waals surface area contributed by atoms with Crippen molar-refractivity contribution in [1.29, 1.82) is 0 Å². The Morgan fingerprint density at radius 2 is 2.15 bits per heavy atom. The molecule has 1 heterocycles. The first-order valence-electron chi connectivity index (χ1n) is 4.27. The Bertz CT molecular complexity index is 297. The first-order chi connectivity index (χ1) is 5.77. The van der Waals surface area contributed by atoms with Crippen LogP contribution in [-0.2, 0) is 0 Å². The van der Waals surface area contributed by atoms with Gasteiger partial charge in [0.05, 0.1) is 0 Å². The number of halogens is 2. The second-order valence-electron chi connectivity index (χ2n) is 3.32. The van der Waals surface area contributed by atoms with E-state index < -0.39 is 0 Å². The molecule has 1 nitrogen and oxygen atoms in total. The van der Waals surface area contributed by atoms with E-state index in [1.54, 1.807) is 0 Å². The fourth-order valence-electron chi connectivity index (χ4n) is 1.47. The van der Waals surface area contributed by atoms with Crippen molar-refractivity contribution in [3.63, 3.8) is 0 Å². The minimum Gasteiger partial charge on any atom is -0.310 e. The molecule has 1 fully saturated rings. The van der Waals surface area contributed by atoms with Crippen molar-refractivity contribution in [2.24, 2.45) is 0 Å². The SMILES string of the molecule is Cc1ccc([C@H]2CCN2)c(Br)c1.Cl. The molecular weight excluding hydrogens is 249 g/mol. The van der Waals surface area contributed by atoms with E-state index in [9.17, 15) is 0 Å². The summed E-state index contributed by atoms with van der Waals surface area (Å²) in [7, 11) is 0. The van der Waals surface area contributed by atoms with Gasteiger partial charge in [0.2, 0.25) is 0 Å². The van der Waals surface area contributed by atoms with Crippen LogP contribution in [0.2, 0.25) is 0 Å². The molecule has 3 heteroatoms.